The van der Waals surface area contributed by atoms with E-state index in [1.807, 2.05) is 12.1 Å². The van der Waals surface area contributed by atoms with Crippen LogP contribution in [0.1, 0.15) is 31.2 Å². The molecule has 0 fully saturated rings. The zero-order valence-electron chi connectivity index (χ0n) is 17.2. The lowest BCUT2D eigenvalue weighted by Gasteiger charge is -2.09. The summed E-state index contributed by atoms with van der Waals surface area (Å²) in [6, 6.07) is 12.1. The van der Waals surface area contributed by atoms with Gasteiger partial charge in [-0.1, -0.05) is 47.6 Å². The first-order valence-electron chi connectivity index (χ1n) is 10.1. The van der Waals surface area contributed by atoms with Crippen molar-refractivity contribution in [2.24, 2.45) is 0 Å². The van der Waals surface area contributed by atoms with Crippen molar-refractivity contribution in [2.45, 2.75) is 44.8 Å². The lowest BCUT2D eigenvalue weighted by Crippen LogP contribution is -2.02. The van der Waals surface area contributed by atoms with Crippen molar-refractivity contribution < 1.29 is 4.52 Å². The van der Waals surface area contributed by atoms with E-state index in [1.54, 1.807) is 24.2 Å². The second-order valence-electron chi connectivity index (χ2n) is 7.03. The van der Waals surface area contributed by atoms with Gasteiger partial charge in [-0.05, 0) is 38.0 Å². The van der Waals surface area contributed by atoms with Crippen LogP contribution < -0.4 is 0 Å². The molecular formula is C22H24N6OS. The van der Waals surface area contributed by atoms with E-state index in [0.717, 1.165) is 53.7 Å². The van der Waals surface area contributed by atoms with Gasteiger partial charge in [0.1, 0.15) is 0 Å². The topological polar surface area (TPSA) is 82.5 Å². The number of aromatic nitrogens is 6. The Kier molecular flexibility index (Phi) is 6.53. The minimum Gasteiger partial charge on any atom is -0.339 e. The number of pyridine rings is 1. The molecular weight excluding hydrogens is 396 g/mol. The fraction of sp³-hybridized carbons (Fsp3) is 0.318. The van der Waals surface area contributed by atoms with Gasteiger partial charge >= 0.3 is 0 Å². The third-order valence-corrected chi connectivity index (χ3v) is 5.67. The highest BCUT2D eigenvalue weighted by Crippen LogP contribution is 2.26. The second-order valence-corrected chi connectivity index (χ2v) is 8.09. The third-order valence-electron chi connectivity index (χ3n) is 4.61. The van der Waals surface area contributed by atoms with Crippen LogP contribution >= 0.6 is 11.8 Å². The van der Waals surface area contributed by atoms with E-state index in [0.29, 0.717) is 11.7 Å². The standard InChI is InChI=1S/C22H24N6OS/c1-3-13-28-21(18-7-4-6-16(2)15-18)25-26-22(28)30-14-5-8-19-24-20(27-29-19)17-9-11-23-12-10-17/h4,6-7,9-12,15H,3,5,8,13-14H2,1-2H3. The molecule has 3 heterocycles. The van der Waals surface area contributed by atoms with Gasteiger partial charge in [-0.15, -0.1) is 10.2 Å². The first kappa shape index (κ1) is 20.3. The molecule has 4 aromatic rings. The minimum atomic E-state index is 0.602. The Morgan fingerprint density at radius 1 is 1.07 bits per heavy atom. The molecule has 0 radical (unpaired) electrons. The van der Waals surface area contributed by atoms with Crippen molar-refractivity contribution in [2.75, 3.05) is 5.75 Å². The molecule has 1 aromatic carbocycles. The van der Waals surface area contributed by atoms with Crippen molar-refractivity contribution in [3.63, 3.8) is 0 Å². The molecule has 0 unspecified atom stereocenters. The quantitative estimate of drug-likeness (QED) is 0.283. The van der Waals surface area contributed by atoms with Gasteiger partial charge in [0.05, 0.1) is 0 Å². The number of aryl methyl sites for hydroxylation is 2. The Morgan fingerprint density at radius 2 is 1.93 bits per heavy atom. The number of hydrogen-bond acceptors (Lipinski definition) is 7. The Balaban J connectivity index is 1.37. The van der Waals surface area contributed by atoms with Crippen LogP contribution in [0.2, 0.25) is 0 Å². The van der Waals surface area contributed by atoms with Gasteiger partial charge in [0.25, 0.3) is 0 Å². The third kappa shape index (κ3) is 4.76. The largest absolute Gasteiger partial charge is 0.339 e. The normalized spacial score (nSPS) is 11.1. The molecule has 154 valence electrons. The number of benzene rings is 1. The highest BCUT2D eigenvalue weighted by Gasteiger charge is 2.14. The predicted molar refractivity (Wildman–Crippen MR) is 117 cm³/mol. The van der Waals surface area contributed by atoms with Crippen LogP contribution in [0.15, 0.2) is 58.5 Å². The number of hydrogen-bond donors (Lipinski definition) is 0. The predicted octanol–water partition coefficient (Wildman–Crippen LogP) is 4.83. The maximum atomic E-state index is 5.38. The van der Waals surface area contributed by atoms with Crippen molar-refractivity contribution >= 4 is 11.8 Å². The van der Waals surface area contributed by atoms with Crippen molar-refractivity contribution in [1.29, 1.82) is 0 Å². The van der Waals surface area contributed by atoms with Gasteiger partial charge in [-0.25, -0.2) is 0 Å². The zero-order chi connectivity index (χ0) is 20.8. The van der Waals surface area contributed by atoms with Gasteiger partial charge < -0.3 is 9.09 Å². The van der Waals surface area contributed by atoms with E-state index < -0.39 is 0 Å². The van der Waals surface area contributed by atoms with Gasteiger partial charge in [0.15, 0.2) is 11.0 Å². The summed E-state index contributed by atoms with van der Waals surface area (Å²) in [7, 11) is 0. The zero-order valence-corrected chi connectivity index (χ0v) is 18.0. The molecule has 3 aromatic heterocycles. The van der Waals surface area contributed by atoms with E-state index in [-0.39, 0.29) is 0 Å². The molecule has 0 N–H and O–H groups in total. The van der Waals surface area contributed by atoms with E-state index >= 15 is 0 Å². The Morgan fingerprint density at radius 3 is 2.73 bits per heavy atom. The van der Waals surface area contributed by atoms with Crippen LogP contribution in [0, 0.1) is 6.92 Å². The van der Waals surface area contributed by atoms with Crippen LogP contribution in [0.25, 0.3) is 22.8 Å². The van der Waals surface area contributed by atoms with Gasteiger partial charge in [-0.3, -0.25) is 4.98 Å². The second kappa shape index (κ2) is 9.67. The smallest absolute Gasteiger partial charge is 0.226 e. The summed E-state index contributed by atoms with van der Waals surface area (Å²) >= 11 is 1.72. The molecule has 0 aliphatic rings. The minimum absolute atomic E-state index is 0.602. The number of rotatable bonds is 9. The molecule has 0 saturated carbocycles. The van der Waals surface area contributed by atoms with Gasteiger partial charge in [0.2, 0.25) is 11.7 Å². The Labute approximate surface area is 180 Å². The summed E-state index contributed by atoms with van der Waals surface area (Å²) in [6.45, 7) is 5.17. The molecule has 0 saturated heterocycles. The van der Waals surface area contributed by atoms with E-state index in [2.05, 4.69) is 68.0 Å². The molecule has 0 bridgehead atoms. The monoisotopic (exact) mass is 420 g/mol. The summed E-state index contributed by atoms with van der Waals surface area (Å²) < 4.78 is 7.60. The fourth-order valence-corrected chi connectivity index (χ4v) is 4.08. The maximum absolute atomic E-state index is 5.38. The van der Waals surface area contributed by atoms with Gasteiger partial charge in [0, 0.05) is 42.2 Å². The van der Waals surface area contributed by atoms with Crippen molar-refractivity contribution in [1.82, 2.24) is 29.9 Å². The fourth-order valence-electron chi connectivity index (χ4n) is 3.18. The van der Waals surface area contributed by atoms with E-state index in [4.69, 9.17) is 4.52 Å². The highest BCUT2D eigenvalue weighted by atomic mass is 32.2. The van der Waals surface area contributed by atoms with Crippen LogP contribution in [0.4, 0.5) is 0 Å². The van der Waals surface area contributed by atoms with Crippen molar-refractivity contribution in [3.05, 3.63) is 60.2 Å². The van der Waals surface area contributed by atoms with E-state index in [9.17, 15) is 0 Å². The molecule has 0 spiro atoms. The highest BCUT2D eigenvalue weighted by molar-refractivity contribution is 7.99. The molecule has 8 heteroatoms. The lowest BCUT2D eigenvalue weighted by molar-refractivity contribution is 0.378. The first-order valence-corrected chi connectivity index (χ1v) is 11.1. The summed E-state index contributed by atoms with van der Waals surface area (Å²) in [5.74, 6) is 3.09. The lowest BCUT2D eigenvalue weighted by atomic mass is 10.1. The van der Waals surface area contributed by atoms with Crippen LogP contribution in [-0.4, -0.2) is 35.6 Å². The Hall–Kier alpha value is -3.00. The average molecular weight is 421 g/mol. The molecule has 0 amide bonds. The molecule has 0 aliphatic carbocycles. The molecule has 0 aliphatic heterocycles. The molecule has 0 atom stereocenters. The summed E-state index contributed by atoms with van der Waals surface area (Å²) in [4.78, 5) is 8.49. The van der Waals surface area contributed by atoms with Crippen LogP contribution in [-0.2, 0) is 13.0 Å². The van der Waals surface area contributed by atoms with Crippen LogP contribution in [0.5, 0.6) is 0 Å². The molecule has 30 heavy (non-hydrogen) atoms. The number of nitrogens with zero attached hydrogens (tertiary/aromatic N) is 6. The average Bonchev–Trinajstić information content (AvgIpc) is 3.40. The number of thioether (sulfide) groups is 1. The Bertz CT molecular complexity index is 1090. The van der Waals surface area contributed by atoms with Crippen LogP contribution in [0.3, 0.4) is 0 Å². The molecule has 4 rings (SSSR count). The van der Waals surface area contributed by atoms with Gasteiger partial charge in [-0.2, -0.15) is 4.98 Å². The maximum Gasteiger partial charge on any atom is 0.226 e. The summed E-state index contributed by atoms with van der Waals surface area (Å²) in [5, 5.41) is 13.9. The SMILES string of the molecule is CCCn1c(SCCCc2nc(-c3ccncc3)no2)nnc1-c1cccc(C)c1. The summed E-state index contributed by atoms with van der Waals surface area (Å²) in [6.07, 6.45) is 6.13. The summed E-state index contributed by atoms with van der Waals surface area (Å²) in [5.41, 5.74) is 3.24. The van der Waals surface area contributed by atoms with Crippen molar-refractivity contribution in [3.8, 4) is 22.8 Å². The first-order chi connectivity index (χ1) is 14.7. The van der Waals surface area contributed by atoms with E-state index in [1.165, 1.54) is 5.56 Å². The molecule has 7 nitrogen and oxygen atoms in total.